The molecule has 0 bridgehead atoms. The Bertz CT molecular complexity index is 474. The monoisotopic (exact) mass is 333 g/mol. The highest BCUT2D eigenvalue weighted by atomic mass is 16.4. The van der Waals surface area contributed by atoms with Gasteiger partial charge >= 0.3 is 5.97 Å². The average molecular weight is 334 g/mol. The number of carbonyl (C=O) groups is 1. The summed E-state index contributed by atoms with van der Waals surface area (Å²) in [6, 6.07) is 0. The zero-order valence-electron chi connectivity index (χ0n) is 15.4. The number of rotatable bonds is 2. The molecule has 0 amide bonds. The summed E-state index contributed by atoms with van der Waals surface area (Å²) < 4.78 is 0. The Morgan fingerprint density at radius 1 is 0.958 bits per heavy atom. The molecule has 4 aliphatic carbocycles. The fourth-order valence-electron chi connectivity index (χ4n) is 6.43. The zero-order chi connectivity index (χ0) is 16.8. The first-order valence-electron chi connectivity index (χ1n) is 10.4. The van der Waals surface area contributed by atoms with Gasteiger partial charge in [0.15, 0.2) is 0 Å². The van der Waals surface area contributed by atoms with Crippen molar-refractivity contribution in [3.63, 3.8) is 0 Å². The molecular weight excluding hydrogens is 298 g/mol. The number of hydrogen-bond donors (Lipinski definition) is 1. The Morgan fingerprint density at radius 2 is 1.54 bits per heavy atom. The van der Waals surface area contributed by atoms with Crippen molar-refractivity contribution in [2.75, 3.05) is 20.1 Å². The van der Waals surface area contributed by atoms with E-state index in [9.17, 15) is 4.79 Å². The lowest BCUT2D eigenvalue weighted by Gasteiger charge is -2.29. The molecule has 0 radical (unpaired) electrons. The van der Waals surface area contributed by atoms with E-state index >= 15 is 0 Å². The van der Waals surface area contributed by atoms with Crippen molar-refractivity contribution in [1.29, 1.82) is 0 Å². The first-order chi connectivity index (χ1) is 11.5. The smallest absolute Gasteiger partial charge is 0.303 e. The molecule has 0 aromatic rings. The summed E-state index contributed by atoms with van der Waals surface area (Å²) in [5.41, 5.74) is 1.38. The summed E-state index contributed by atoms with van der Waals surface area (Å²) in [6.07, 6.45) is 15.7. The maximum Gasteiger partial charge on any atom is 0.303 e. The molecule has 2 spiro atoms. The molecular formula is C21H35NO2. The van der Waals surface area contributed by atoms with E-state index in [0.29, 0.717) is 23.2 Å². The predicted octanol–water partition coefficient (Wildman–Crippen LogP) is 4.56. The largest absolute Gasteiger partial charge is 0.481 e. The first kappa shape index (κ1) is 16.9. The molecule has 1 N–H and O–H groups in total. The summed E-state index contributed by atoms with van der Waals surface area (Å²) in [5, 5.41) is 9.09. The zero-order valence-corrected chi connectivity index (χ0v) is 15.4. The molecule has 24 heavy (non-hydrogen) atoms. The van der Waals surface area contributed by atoms with Gasteiger partial charge in [-0.2, -0.15) is 0 Å². The lowest BCUT2D eigenvalue weighted by molar-refractivity contribution is -0.138. The van der Waals surface area contributed by atoms with Crippen LogP contribution in [0.5, 0.6) is 0 Å². The molecule has 3 unspecified atom stereocenters. The molecule has 5 fully saturated rings. The number of carboxylic acids is 1. The topological polar surface area (TPSA) is 40.5 Å². The molecule has 136 valence electrons. The van der Waals surface area contributed by atoms with Crippen LogP contribution in [-0.4, -0.2) is 36.1 Å². The lowest BCUT2D eigenvalue weighted by Crippen LogP contribution is -2.23. The van der Waals surface area contributed by atoms with Crippen molar-refractivity contribution in [2.24, 2.45) is 28.6 Å². The van der Waals surface area contributed by atoms with E-state index in [1.54, 1.807) is 0 Å². The molecule has 5 aliphatic rings. The number of nitrogens with zero attached hydrogens (tertiary/aromatic N) is 1. The van der Waals surface area contributed by atoms with E-state index in [1.807, 2.05) is 0 Å². The molecule has 1 aliphatic heterocycles. The van der Waals surface area contributed by atoms with Crippen LogP contribution in [0.1, 0.15) is 77.0 Å². The normalized spacial score (nSPS) is 38.3. The van der Waals surface area contributed by atoms with Crippen LogP contribution in [0.25, 0.3) is 0 Å². The summed E-state index contributed by atoms with van der Waals surface area (Å²) in [4.78, 5) is 13.4. The van der Waals surface area contributed by atoms with E-state index in [0.717, 1.165) is 11.8 Å². The number of likely N-dealkylation sites (tertiary alicyclic amines) is 1. The van der Waals surface area contributed by atoms with Gasteiger partial charge in [-0.3, -0.25) is 4.79 Å². The van der Waals surface area contributed by atoms with E-state index < -0.39 is 5.97 Å². The van der Waals surface area contributed by atoms with Crippen LogP contribution in [0.3, 0.4) is 0 Å². The molecule has 3 heteroatoms. The highest BCUT2D eigenvalue weighted by Crippen LogP contribution is 2.73. The van der Waals surface area contributed by atoms with Crippen LogP contribution < -0.4 is 0 Å². The van der Waals surface area contributed by atoms with Gasteiger partial charge in [0.25, 0.3) is 0 Å². The van der Waals surface area contributed by atoms with Gasteiger partial charge in [-0.05, 0) is 119 Å². The Labute approximate surface area is 147 Å². The third-order valence-electron chi connectivity index (χ3n) is 8.23. The van der Waals surface area contributed by atoms with Crippen molar-refractivity contribution in [1.82, 2.24) is 4.90 Å². The Morgan fingerprint density at radius 3 is 2.04 bits per heavy atom. The average Bonchev–Trinajstić information content (AvgIpc) is 3.42. The van der Waals surface area contributed by atoms with Gasteiger partial charge in [-0.15, -0.1) is 0 Å². The molecule has 1 saturated heterocycles. The van der Waals surface area contributed by atoms with Gasteiger partial charge in [-0.1, -0.05) is 0 Å². The third kappa shape index (κ3) is 3.25. The number of aliphatic carboxylic acids is 1. The van der Waals surface area contributed by atoms with Gasteiger partial charge in [0, 0.05) is 6.42 Å². The lowest BCUT2D eigenvalue weighted by atomic mass is 9.76. The van der Waals surface area contributed by atoms with Crippen LogP contribution in [0.15, 0.2) is 0 Å². The molecule has 3 nitrogen and oxygen atoms in total. The summed E-state index contributed by atoms with van der Waals surface area (Å²) >= 11 is 0. The van der Waals surface area contributed by atoms with E-state index in [1.165, 1.54) is 83.7 Å². The van der Waals surface area contributed by atoms with Crippen LogP contribution in [0.2, 0.25) is 0 Å². The second-order valence-electron chi connectivity index (χ2n) is 9.73. The molecule has 3 atom stereocenters. The Balaban J connectivity index is 0.000000207. The second-order valence-corrected chi connectivity index (χ2v) is 9.73. The molecule has 5 rings (SSSR count). The SMILES string of the molecule is CN1CCCC1.O=C(O)CC1CCC2(CC2)C2CCC3(CC3)C2C1. The Hall–Kier alpha value is -0.570. The van der Waals surface area contributed by atoms with Gasteiger partial charge in [0.05, 0.1) is 0 Å². The van der Waals surface area contributed by atoms with Crippen LogP contribution >= 0.6 is 0 Å². The molecule has 0 aromatic heterocycles. The summed E-state index contributed by atoms with van der Waals surface area (Å²) in [7, 11) is 2.17. The number of carboxylic acid groups (broad SMARTS) is 1. The minimum absolute atomic E-state index is 0.426. The van der Waals surface area contributed by atoms with Crippen molar-refractivity contribution in [2.45, 2.75) is 77.0 Å². The fraction of sp³-hybridized carbons (Fsp3) is 0.952. The van der Waals surface area contributed by atoms with Crippen LogP contribution in [-0.2, 0) is 4.79 Å². The molecule has 1 heterocycles. The maximum absolute atomic E-state index is 11.0. The van der Waals surface area contributed by atoms with Crippen molar-refractivity contribution >= 4 is 5.97 Å². The van der Waals surface area contributed by atoms with Crippen molar-refractivity contribution in [3.8, 4) is 0 Å². The first-order valence-corrected chi connectivity index (χ1v) is 10.4. The molecule has 4 saturated carbocycles. The fourth-order valence-corrected chi connectivity index (χ4v) is 6.43. The standard InChI is InChI=1S/C16H24O2.C5H11N/c17-14(18)10-11-1-3-15(5-6-15)12-2-4-16(7-8-16)13(12)9-11;1-6-4-2-3-5-6/h11-13H,1-10H2,(H,17,18);2-5H2,1H3. The van der Waals surface area contributed by atoms with E-state index in [2.05, 4.69) is 11.9 Å². The highest BCUT2D eigenvalue weighted by molar-refractivity contribution is 5.67. The van der Waals surface area contributed by atoms with E-state index in [-0.39, 0.29) is 0 Å². The number of hydrogen-bond acceptors (Lipinski definition) is 2. The minimum Gasteiger partial charge on any atom is -0.481 e. The van der Waals surface area contributed by atoms with Crippen LogP contribution in [0, 0.1) is 28.6 Å². The Kier molecular flexibility index (Phi) is 4.43. The quantitative estimate of drug-likeness (QED) is 0.805. The van der Waals surface area contributed by atoms with Crippen molar-refractivity contribution < 1.29 is 9.90 Å². The van der Waals surface area contributed by atoms with Crippen molar-refractivity contribution in [3.05, 3.63) is 0 Å². The van der Waals surface area contributed by atoms with Gasteiger partial charge in [0.1, 0.15) is 0 Å². The highest BCUT2D eigenvalue weighted by Gasteiger charge is 2.64. The third-order valence-corrected chi connectivity index (χ3v) is 8.23. The maximum atomic E-state index is 11.0. The summed E-state index contributed by atoms with van der Waals surface area (Å²) in [6.45, 7) is 2.64. The van der Waals surface area contributed by atoms with Gasteiger partial charge in [-0.25, -0.2) is 0 Å². The number of fused-ring (bicyclic) bond motifs is 3. The summed E-state index contributed by atoms with van der Waals surface area (Å²) in [5.74, 6) is 1.77. The van der Waals surface area contributed by atoms with Crippen LogP contribution in [0.4, 0.5) is 0 Å². The molecule has 0 aromatic carbocycles. The second kappa shape index (κ2) is 6.30. The predicted molar refractivity (Wildman–Crippen MR) is 95.9 cm³/mol. The minimum atomic E-state index is -0.578. The van der Waals surface area contributed by atoms with Gasteiger partial charge in [0.2, 0.25) is 0 Å². The van der Waals surface area contributed by atoms with Gasteiger partial charge < -0.3 is 10.0 Å². The van der Waals surface area contributed by atoms with E-state index in [4.69, 9.17) is 5.11 Å².